The van der Waals surface area contributed by atoms with Crippen LogP contribution < -0.4 is 4.90 Å². The van der Waals surface area contributed by atoms with Crippen molar-refractivity contribution in [3.63, 3.8) is 0 Å². The molecule has 10 aromatic rings. The highest BCUT2D eigenvalue weighted by Gasteiger charge is 2.23. The zero-order valence-electron chi connectivity index (χ0n) is 26.6. The number of thiophene rings is 1. The van der Waals surface area contributed by atoms with Gasteiger partial charge in [-0.1, -0.05) is 121 Å². The molecule has 0 aliphatic carbocycles. The molecule has 230 valence electrons. The van der Waals surface area contributed by atoms with Crippen LogP contribution in [-0.2, 0) is 0 Å². The fraction of sp³-hybridized carbons (Fsp3) is 0. The molecule has 0 aliphatic heterocycles. The van der Waals surface area contributed by atoms with Gasteiger partial charge in [0.1, 0.15) is 0 Å². The normalized spacial score (nSPS) is 11.7. The predicted octanol–water partition coefficient (Wildman–Crippen LogP) is 13.4. The Morgan fingerprint density at radius 1 is 0.469 bits per heavy atom. The monoisotopic (exact) mass is 642 g/mol. The first-order valence-corrected chi connectivity index (χ1v) is 17.5. The van der Waals surface area contributed by atoms with E-state index >= 15 is 0 Å². The Labute approximate surface area is 288 Å². The van der Waals surface area contributed by atoms with Crippen molar-refractivity contribution in [1.29, 1.82) is 0 Å². The maximum Gasteiger partial charge on any atom is 0.0640 e. The first-order valence-electron chi connectivity index (χ1n) is 16.7. The van der Waals surface area contributed by atoms with Crippen LogP contribution in [-0.4, -0.2) is 4.57 Å². The Morgan fingerprint density at radius 2 is 1.14 bits per heavy atom. The molecule has 2 heterocycles. The van der Waals surface area contributed by atoms with Crippen LogP contribution in [0, 0.1) is 0 Å². The quantitative estimate of drug-likeness (QED) is 0.181. The third-order valence-corrected chi connectivity index (χ3v) is 10.9. The number of hydrogen-bond donors (Lipinski definition) is 0. The first-order chi connectivity index (χ1) is 24.3. The van der Waals surface area contributed by atoms with Crippen LogP contribution in [0.5, 0.6) is 0 Å². The average molecular weight is 643 g/mol. The number of para-hydroxylation sites is 2. The largest absolute Gasteiger partial charge is 0.309 e. The second kappa shape index (κ2) is 11.2. The predicted molar refractivity (Wildman–Crippen MR) is 211 cm³/mol. The molecule has 2 nitrogen and oxygen atoms in total. The van der Waals surface area contributed by atoms with Crippen molar-refractivity contribution in [2.24, 2.45) is 0 Å². The topological polar surface area (TPSA) is 8.17 Å². The van der Waals surface area contributed by atoms with Gasteiger partial charge < -0.3 is 9.47 Å². The summed E-state index contributed by atoms with van der Waals surface area (Å²) in [6.07, 6.45) is 0. The number of benzene rings is 8. The van der Waals surface area contributed by atoms with Crippen molar-refractivity contribution in [2.75, 3.05) is 4.90 Å². The Morgan fingerprint density at radius 3 is 1.96 bits per heavy atom. The second-order valence-electron chi connectivity index (χ2n) is 12.5. The summed E-state index contributed by atoms with van der Waals surface area (Å²) in [6.45, 7) is 0. The lowest BCUT2D eigenvalue weighted by Gasteiger charge is -2.26. The van der Waals surface area contributed by atoms with E-state index in [0.717, 1.165) is 17.1 Å². The van der Waals surface area contributed by atoms with Crippen LogP contribution in [0.15, 0.2) is 182 Å². The van der Waals surface area contributed by atoms with Gasteiger partial charge in [-0.15, -0.1) is 11.3 Å². The summed E-state index contributed by atoms with van der Waals surface area (Å²) >= 11 is 1.87. The van der Waals surface area contributed by atoms with Gasteiger partial charge in [0, 0.05) is 48.7 Å². The van der Waals surface area contributed by atoms with Gasteiger partial charge >= 0.3 is 0 Å². The fourth-order valence-electron chi connectivity index (χ4n) is 7.62. The molecular formula is C46H30N2S. The molecule has 0 atom stereocenters. The van der Waals surface area contributed by atoms with Gasteiger partial charge in [-0.25, -0.2) is 0 Å². The molecule has 8 aromatic carbocycles. The van der Waals surface area contributed by atoms with Gasteiger partial charge in [-0.2, -0.15) is 0 Å². The van der Waals surface area contributed by atoms with Crippen LogP contribution in [0.4, 0.5) is 17.1 Å². The molecule has 3 heteroatoms. The van der Waals surface area contributed by atoms with E-state index < -0.39 is 0 Å². The first kappa shape index (κ1) is 27.9. The molecule has 10 rings (SSSR count). The summed E-state index contributed by atoms with van der Waals surface area (Å²) in [5.74, 6) is 0. The third kappa shape index (κ3) is 4.40. The van der Waals surface area contributed by atoms with Gasteiger partial charge in [0.25, 0.3) is 0 Å². The van der Waals surface area contributed by atoms with Crippen LogP contribution >= 0.6 is 11.3 Å². The lowest BCUT2D eigenvalue weighted by Crippen LogP contribution is -2.10. The van der Waals surface area contributed by atoms with E-state index in [1.807, 2.05) is 11.3 Å². The Kier molecular flexibility index (Phi) is 6.39. The molecule has 0 aliphatic rings. The standard InChI is InChI=1S/C46H30N2S/c1-4-15-31(16-5-1)39-29-32-17-10-11-22-36(32)45-44(39)40-30-35(27-28-41(40)48(45)34-20-8-3-9-21-34)47(33-18-6-2-7-19-33)42-25-14-24-38-37-23-12-13-26-43(37)49-46(38)42/h1-30H. The zero-order chi connectivity index (χ0) is 32.3. The van der Waals surface area contributed by atoms with Crippen molar-refractivity contribution >= 4 is 81.1 Å². The minimum atomic E-state index is 1.13. The SMILES string of the molecule is c1ccc(-c2cc3ccccc3c3c2c2cc(N(c4ccccc4)c4cccc5c4sc4ccccc45)ccc2n3-c2ccccc2)cc1. The number of anilines is 3. The van der Waals surface area contributed by atoms with Crippen molar-refractivity contribution in [3.8, 4) is 16.8 Å². The summed E-state index contributed by atoms with van der Waals surface area (Å²) in [5.41, 5.74) is 9.47. The molecule has 0 saturated carbocycles. The Hall–Kier alpha value is -6.16. The van der Waals surface area contributed by atoms with E-state index in [1.165, 1.54) is 69.6 Å². The maximum atomic E-state index is 2.46. The van der Waals surface area contributed by atoms with Crippen molar-refractivity contribution in [3.05, 3.63) is 182 Å². The van der Waals surface area contributed by atoms with E-state index in [9.17, 15) is 0 Å². The number of rotatable bonds is 5. The maximum absolute atomic E-state index is 2.46. The molecule has 0 bridgehead atoms. The highest BCUT2D eigenvalue weighted by Crippen LogP contribution is 2.48. The van der Waals surface area contributed by atoms with Crippen molar-refractivity contribution in [2.45, 2.75) is 0 Å². The van der Waals surface area contributed by atoms with Gasteiger partial charge in [0.15, 0.2) is 0 Å². The third-order valence-electron chi connectivity index (χ3n) is 9.73. The number of fused-ring (bicyclic) bond motifs is 8. The van der Waals surface area contributed by atoms with E-state index in [4.69, 9.17) is 0 Å². The molecule has 2 aromatic heterocycles. The van der Waals surface area contributed by atoms with Crippen molar-refractivity contribution < 1.29 is 0 Å². The second-order valence-corrected chi connectivity index (χ2v) is 13.6. The van der Waals surface area contributed by atoms with Crippen LogP contribution in [0.2, 0.25) is 0 Å². The van der Waals surface area contributed by atoms with Crippen LogP contribution in [0.25, 0.3) is 69.6 Å². The molecule has 0 amide bonds. The molecule has 0 unspecified atom stereocenters. The summed E-state index contributed by atoms with van der Waals surface area (Å²) in [5, 5.41) is 7.56. The Bertz CT molecular complexity index is 2810. The van der Waals surface area contributed by atoms with E-state index in [-0.39, 0.29) is 0 Å². The number of hydrogen-bond acceptors (Lipinski definition) is 2. The molecule has 0 spiro atoms. The summed E-state index contributed by atoms with van der Waals surface area (Å²) in [6, 6.07) is 66.1. The van der Waals surface area contributed by atoms with Crippen LogP contribution in [0.3, 0.4) is 0 Å². The van der Waals surface area contributed by atoms with E-state index in [1.54, 1.807) is 0 Å². The van der Waals surface area contributed by atoms with Gasteiger partial charge in [-0.05, 0) is 77.2 Å². The summed E-state index contributed by atoms with van der Waals surface area (Å²) < 4.78 is 5.05. The van der Waals surface area contributed by atoms with Gasteiger partial charge in [-0.3, -0.25) is 0 Å². The van der Waals surface area contributed by atoms with Crippen LogP contribution in [0.1, 0.15) is 0 Å². The average Bonchev–Trinajstić information content (AvgIpc) is 3.73. The number of aromatic nitrogens is 1. The smallest absolute Gasteiger partial charge is 0.0640 e. The molecule has 0 saturated heterocycles. The molecule has 49 heavy (non-hydrogen) atoms. The van der Waals surface area contributed by atoms with E-state index in [2.05, 4.69) is 191 Å². The highest BCUT2D eigenvalue weighted by molar-refractivity contribution is 7.26. The van der Waals surface area contributed by atoms with Gasteiger partial charge in [0.2, 0.25) is 0 Å². The van der Waals surface area contributed by atoms with Crippen molar-refractivity contribution in [1.82, 2.24) is 4.57 Å². The molecule has 0 radical (unpaired) electrons. The fourth-order valence-corrected chi connectivity index (χ4v) is 8.82. The molecule has 0 N–H and O–H groups in total. The Balaban J connectivity index is 1.34. The summed E-state index contributed by atoms with van der Waals surface area (Å²) in [4.78, 5) is 2.44. The zero-order valence-corrected chi connectivity index (χ0v) is 27.4. The summed E-state index contributed by atoms with van der Waals surface area (Å²) in [7, 11) is 0. The minimum absolute atomic E-state index is 1.13. The molecule has 0 fully saturated rings. The highest BCUT2D eigenvalue weighted by atomic mass is 32.1. The lowest BCUT2D eigenvalue weighted by atomic mass is 9.95. The minimum Gasteiger partial charge on any atom is -0.309 e. The lowest BCUT2D eigenvalue weighted by molar-refractivity contribution is 1.18. The molecular weight excluding hydrogens is 613 g/mol. The van der Waals surface area contributed by atoms with Gasteiger partial charge in [0.05, 0.1) is 21.4 Å². The number of nitrogens with zero attached hydrogens (tertiary/aromatic N) is 2. The van der Waals surface area contributed by atoms with E-state index in [0.29, 0.717) is 0 Å².